The molecule has 2 heterocycles. The second-order valence-electron chi connectivity index (χ2n) is 4.18. The lowest BCUT2D eigenvalue weighted by molar-refractivity contribution is 0.415. The number of hydrogen-bond donors (Lipinski definition) is 1. The molecule has 0 amide bonds. The number of rotatable bonds is 2. The molecule has 1 aromatic carbocycles. The topological polar surface area (TPSA) is 72.8 Å². The Morgan fingerprint density at radius 3 is 2.68 bits per heavy atom. The SMILES string of the molecule is COc1ccc(-c2nc3cn(C)nc3c(=O)[nH]2)cc1. The van der Waals surface area contributed by atoms with E-state index < -0.39 is 0 Å². The summed E-state index contributed by atoms with van der Waals surface area (Å²) in [5, 5.41) is 4.07. The largest absolute Gasteiger partial charge is 0.497 e. The summed E-state index contributed by atoms with van der Waals surface area (Å²) in [6.07, 6.45) is 1.72. The minimum atomic E-state index is -0.239. The molecule has 0 aliphatic carbocycles. The van der Waals surface area contributed by atoms with E-state index in [0.717, 1.165) is 11.3 Å². The molecule has 3 rings (SSSR count). The highest BCUT2D eigenvalue weighted by Crippen LogP contribution is 2.19. The number of nitrogens with zero attached hydrogens (tertiary/aromatic N) is 3. The maximum atomic E-state index is 11.9. The van der Waals surface area contributed by atoms with E-state index in [1.807, 2.05) is 24.3 Å². The van der Waals surface area contributed by atoms with Crippen LogP contribution in [-0.4, -0.2) is 26.9 Å². The third-order valence-corrected chi connectivity index (χ3v) is 2.85. The van der Waals surface area contributed by atoms with Crippen molar-refractivity contribution in [3.63, 3.8) is 0 Å². The van der Waals surface area contributed by atoms with Crippen molar-refractivity contribution in [2.24, 2.45) is 7.05 Å². The van der Waals surface area contributed by atoms with Gasteiger partial charge < -0.3 is 9.72 Å². The number of methoxy groups -OCH3 is 1. The number of aromatic amines is 1. The first-order valence-corrected chi connectivity index (χ1v) is 5.75. The Kier molecular flexibility index (Phi) is 2.56. The highest BCUT2D eigenvalue weighted by atomic mass is 16.5. The molecule has 1 N–H and O–H groups in total. The lowest BCUT2D eigenvalue weighted by Gasteiger charge is -2.02. The van der Waals surface area contributed by atoms with Crippen LogP contribution in [0.1, 0.15) is 0 Å². The predicted molar refractivity (Wildman–Crippen MR) is 71.1 cm³/mol. The van der Waals surface area contributed by atoms with Gasteiger partial charge in [-0.25, -0.2) is 4.98 Å². The molecule has 0 aliphatic heterocycles. The Morgan fingerprint density at radius 2 is 2.00 bits per heavy atom. The monoisotopic (exact) mass is 256 g/mol. The third-order valence-electron chi connectivity index (χ3n) is 2.85. The standard InChI is InChI=1S/C13H12N4O2/c1-17-7-10-11(16-17)13(18)15-12(14-10)8-3-5-9(19-2)6-4-8/h3-7H,1-2H3,(H,14,15,18). The highest BCUT2D eigenvalue weighted by Gasteiger charge is 2.08. The average Bonchev–Trinajstić information content (AvgIpc) is 2.80. The van der Waals surface area contributed by atoms with E-state index in [0.29, 0.717) is 16.9 Å². The molecule has 0 unspecified atom stereocenters. The van der Waals surface area contributed by atoms with Crippen LogP contribution in [0.5, 0.6) is 5.75 Å². The zero-order chi connectivity index (χ0) is 13.4. The Bertz CT molecular complexity index is 787. The van der Waals surface area contributed by atoms with Gasteiger partial charge in [-0.1, -0.05) is 0 Å². The van der Waals surface area contributed by atoms with E-state index in [-0.39, 0.29) is 5.56 Å². The van der Waals surface area contributed by atoms with Crippen molar-refractivity contribution in [2.75, 3.05) is 7.11 Å². The van der Waals surface area contributed by atoms with E-state index in [4.69, 9.17) is 4.74 Å². The van der Waals surface area contributed by atoms with E-state index >= 15 is 0 Å². The molecule has 0 bridgehead atoms. The zero-order valence-corrected chi connectivity index (χ0v) is 10.5. The second kappa shape index (κ2) is 4.24. The lowest BCUT2D eigenvalue weighted by atomic mass is 10.2. The van der Waals surface area contributed by atoms with Crippen LogP contribution in [0.3, 0.4) is 0 Å². The van der Waals surface area contributed by atoms with Gasteiger partial charge in [0.2, 0.25) is 0 Å². The molecule has 96 valence electrons. The van der Waals surface area contributed by atoms with Crippen molar-refractivity contribution in [1.29, 1.82) is 0 Å². The fourth-order valence-corrected chi connectivity index (χ4v) is 1.92. The molecule has 0 saturated carbocycles. The first-order chi connectivity index (χ1) is 9.17. The molecule has 0 atom stereocenters. The van der Waals surface area contributed by atoms with Gasteiger partial charge in [0.05, 0.1) is 13.3 Å². The molecular weight excluding hydrogens is 244 g/mol. The molecule has 0 saturated heterocycles. The number of aryl methyl sites for hydroxylation is 1. The number of nitrogens with one attached hydrogen (secondary N) is 1. The molecule has 6 nitrogen and oxygen atoms in total. The quantitative estimate of drug-likeness (QED) is 0.750. The summed E-state index contributed by atoms with van der Waals surface area (Å²) in [6, 6.07) is 7.34. The van der Waals surface area contributed by atoms with Gasteiger partial charge in [0, 0.05) is 12.6 Å². The number of aromatic nitrogens is 4. The van der Waals surface area contributed by atoms with Gasteiger partial charge in [-0.3, -0.25) is 9.48 Å². The van der Waals surface area contributed by atoms with Crippen LogP contribution in [0, 0.1) is 0 Å². The van der Waals surface area contributed by atoms with Crippen LogP contribution in [-0.2, 0) is 7.05 Å². The smallest absolute Gasteiger partial charge is 0.279 e. The zero-order valence-electron chi connectivity index (χ0n) is 10.5. The molecule has 0 radical (unpaired) electrons. The van der Waals surface area contributed by atoms with Crippen LogP contribution < -0.4 is 10.3 Å². The van der Waals surface area contributed by atoms with Gasteiger partial charge in [0.1, 0.15) is 17.1 Å². The van der Waals surface area contributed by atoms with Crippen molar-refractivity contribution in [3.8, 4) is 17.1 Å². The van der Waals surface area contributed by atoms with E-state index in [1.54, 1.807) is 25.0 Å². The van der Waals surface area contributed by atoms with Crippen molar-refractivity contribution < 1.29 is 4.74 Å². The van der Waals surface area contributed by atoms with Crippen LogP contribution in [0.2, 0.25) is 0 Å². The number of ether oxygens (including phenoxy) is 1. The Hall–Kier alpha value is -2.63. The summed E-state index contributed by atoms with van der Waals surface area (Å²) < 4.78 is 6.67. The number of fused-ring (bicyclic) bond motifs is 1. The minimum absolute atomic E-state index is 0.239. The fourth-order valence-electron chi connectivity index (χ4n) is 1.92. The van der Waals surface area contributed by atoms with Crippen molar-refractivity contribution >= 4 is 11.0 Å². The minimum Gasteiger partial charge on any atom is -0.497 e. The summed E-state index contributed by atoms with van der Waals surface area (Å²) in [4.78, 5) is 19.1. The molecule has 0 spiro atoms. The Morgan fingerprint density at radius 1 is 1.26 bits per heavy atom. The van der Waals surface area contributed by atoms with Crippen molar-refractivity contribution in [1.82, 2.24) is 19.7 Å². The second-order valence-corrected chi connectivity index (χ2v) is 4.18. The summed E-state index contributed by atoms with van der Waals surface area (Å²) in [7, 11) is 3.37. The average molecular weight is 256 g/mol. The fraction of sp³-hybridized carbons (Fsp3) is 0.154. The van der Waals surface area contributed by atoms with Gasteiger partial charge in [0.15, 0.2) is 5.52 Å². The summed E-state index contributed by atoms with van der Waals surface area (Å²) >= 11 is 0. The Balaban J connectivity index is 2.16. The molecule has 0 fully saturated rings. The van der Waals surface area contributed by atoms with Crippen LogP contribution in [0.4, 0.5) is 0 Å². The molecule has 2 aromatic heterocycles. The maximum absolute atomic E-state index is 11.9. The molecular formula is C13H12N4O2. The summed E-state index contributed by atoms with van der Waals surface area (Å²) in [6.45, 7) is 0. The van der Waals surface area contributed by atoms with E-state index in [2.05, 4.69) is 15.1 Å². The predicted octanol–water partition coefficient (Wildman–Crippen LogP) is 1.33. The number of benzene rings is 1. The summed E-state index contributed by atoms with van der Waals surface area (Å²) in [5.74, 6) is 1.28. The van der Waals surface area contributed by atoms with Gasteiger partial charge >= 0.3 is 0 Å². The summed E-state index contributed by atoms with van der Waals surface area (Å²) in [5.41, 5.74) is 1.51. The van der Waals surface area contributed by atoms with Gasteiger partial charge in [-0.2, -0.15) is 5.10 Å². The van der Waals surface area contributed by atoms with Gasteiger partial charge in [-0.05, 0) is 24.3 Å². The number of hydrogen-bond acceptors (Lipinski definition) is 4. The Labute approximate surface area is 108 Å². The van der Waals surface area contributed by atoms with Crippen molar-refractivity contribution in [2.45, 2.75) is 0 Å². The van der Waals surface area contributed by atoms with Gasteiger partial charge in [0.25, 0.3) is 5.56 Å². The van der Waals surface area contributed by atoms with Gasteiger partial charge in [-0.15, -0.1) is 0 Å². The molecule has 6 heteroatoms. The van der Waals surface area contributed by atoms with Crippen LogP contribution in [0.25, 0.3) is 22.4 Å². The highest BCUT2D eigenvalue weighted by molar-refractivity contribution is 5.74. The van der Waals surface area contributed by atoms with E-state index in [9.17, 15) is 4.79 Å². The van der Waals surface area contributed by atoms with E-state index in [1.165, 1.54) is 0 Å². The molecule has 0 aliphatic rings. The number of H-pyrrole nitrogens is 1. The maximum Gasteiger partial charge on any atom is 0.279 e. The first-order valence-electron chi connectivity index (χ1n) is 5.75. The van der Waals surface area contributed by atoms with Crippen LogP contribution in [0.15, 0.2) is 35.3 Å². The third kappa shape index (κ3) is 1.97. The first kappa shape index (κ1) is 11.5. The normalized spacial score (nSPS) is 10.8. The van der Waals surface area contributed by atoms with Crippen molar-refractivity contribution in [3.05, 3.63) is 40.8 Å². The molecule has 3 aromatic rings. The molecule has 19 heavy (non-hydrogen) atoms. The lowest BCUT2D eigenvalue weighted by Crippen LogP contribution is -2.09. The van der Waals surface area contributed by atoms with Crippen LogP contribution >= 0.6 is 0 Å².